The Labute approximate surface area is 605 Å². The average Bonchev–Trinajstić information content (AvgIpc) is 1.03. The van der Waals surface area contributed by atoms with E-state index >= 15 is 0 Å². The standard InChI is InChI=1S/C30H32N3O4PS.C21H19O2P.C12H11P.C9H9ClO2.C8H7ClO2.CH4/c1-37-29(35)23-17-16-20(18-25(23)38(21-10-4-2-5-11-21)22-12-6-3-7-13-22)31-27(34)15-9-8-14-26-28-24(19-39-26)32-30(36)33-28;1-16-13-14-19(21(22)23-2)20(15-16)24(17-9-5-3-6-10-17)18-11-7-4-8-12-18;1-3-7-11(8-4-1)13-12-9-5-2-6-10-12;1-6-3-4-7(8(10)5-6)9(11)12-2;1-5-2-3-6(8(10)11)7(9)4-5;/h2-7,10-13,16-18,24,26,28H,8-9,14-15,19H2,1H3,(H,31,34)(H2,32,33,36);3-15H,1-2H3;1-10,13H;3-5H,1-2H3;2-4H,1H3,(H,10,11);1H4/t24?,26-,28?;;;;;/m1...../s1. The van der Waals surface area contributed by atoms with E-state index in [1.807, 2.05) is 130 Å². The van der Waals surface area contributed by atoms with Gasteiger partial charge in [-0.25, -0.2) is 24.0 Å². The molecule has 0 saturated carbocycles. The highest BCUT2D eigenvalue weighted by atomic mass is 35.5. The molecule has 12 rings (SSSR count). The van der Waals surface area contributed by atoms with Gasteiger partial charge in [0.25, 0.3) is 0 Å². The molecule has 0 spiro atoms. The fourth-order valence-electron chi connectivity index (χ4n) is 10.7. The van der Waals surface area contributed by atoms with Gasteiger partial charge in [0, 0.05) is 28.4 Å². The van der Waals surface area contributed by atoms with Gasteiger partial charge in [-0.05, 0) is 146 Å². The highest BCUT2D eigenvalue weighted by Gasteiger charge is 2.42. The zero-order chi connectivity index (χ0) is 70.6. The van der Waals surface area contributed by atoms with Crippen LogP contribution in [0, 0.1) is 20.8 Å². The number of esters is 3. The summed E-state index contributed by atoms with van der Waals surface area (Å²) in [7, 11) is 3.04. The van der Waals surface area contributed by atoms with Crippen LogP contribution < -0.4 is 58.4 Å². The molecule has 13 nitrogen and oxygen atoms in total. The Balaban J connectivity index is 0.000000194. The highest BCUT2D eigenvalue weighted by molar-refractivity contribution is 8.00. The van der Waals surface area contributed by atoms with Gasteiger partial charge in [-0.2, -0.15) is 11.8 Å². The van der Waals surface area contributed by atoms with Crippen LogP contribution in [0.2, 0.25) is 10.0 Å². The summed E-state index contributed by atoms with van der Waals surface area (Å²) in [5, 5.41) is 28.0. The summed E-state index contributed by atoms with van der Waals surface area (Å²) in [6.07, 6.45) is 3.08. The molecule has 2 fully saturated rings. The predicted octanol–water partition coefficient (Wildman–Crippen LogP) is 15.2. The first-order valence-electron chi connectivity index (χ1n) is 31.9. The first kappa shape index (κ1) is 78.4. The second-order valence-corrected chi connectivity index (χ2v) is 30.6. The largest absolute Gasteiger partial charge is 0.478 e. The molecular formula is C81H82Cl2N3O10P3S. The number of carboxylic acid groups (broad SMARTS) is 1. The predicted molar refractivity (Wildman–Crippen MR) is 418 cm³/mol. The second-order valence-electron chi connectivity index (χ2n) is 22.8. The van der Waals surface area contributed by atoms with Crippen LogP contribution in [0.4, 0.5) is 10.5 Å². The number of hydrogen-bond acceptors (Lipinski definition) is 10. The minimum atomic E-state index is -1.06. The molecule has 3 amide bonds. The number of thioether (sulfide) groups is 1. The van der Waals surface area contributed by atoms with Crippen LogP contribution in [-0.4, -0.2) is 85.3 Å². The molecule has 100 heavy (non-hydrogen) atoms. The van der Waals surface area contributed by atoms with Crippen LogP contribution in [0.3, 0.4) is 0 Å². The van der Waals surface area contributed by atoms with Crippen molar-refractivity contribution in [3.05, 3.63) is 304 Å². The van der Waals surface area contributed by atoms with Gasteiger partial charge >= 0.3 is 29.9 Å². The Morgan fingerprint density at radius 2 is 0.880 bits per heavy atom. The molecule has 3 atom stereocenters. The number of carboxylic acids is 1. The Morgan fingerprint density at radius 1 is 0.500 bits per heavy atom. The number of urea groups is 1. The van der Waals surface area contributed by atoms with Crippen molar-refractivity contribution in [1.82, 2.24) is 10.6 Å². The fourth-order valence-corrected chi connectivity index (χ4v) is 19.0. The van der Waals surface area contributed by atoms with Crippen LogP contribution in [0.5, 0.6) is 0 Å². The molecule has 2 aliphatic heterocycles. The molecule has 19 heteroatoms. The molecule has 10 aromatic carbocycles. The van der Waals surface area contributed by atoms with E-state index < -0.39 is 33.8 Å². The van der Waals surface area contributed by atoms with Gasteiger partial charge < -0.3 is 35.3 Å². The monoisotopic (exact) mass is 1450 g/mol. The number of amides is 3. The Hall–Kier alpha value is -8.96. The third kappa shape index (κ3) is 23.0. The number of carbonyl (C=O) groups excluding carboxylic acids is 5. The van der Waals surface area contributed by atoms with E-state index in [9.17, 15) is 28.8 Å². The SMILES string of the molecule is C.COC(=O)c1ccc(C)cc1Cl.COC(=O)c1ccc(C)cc1P(c1ccccc1)c1ccccc1.COC(=O)c1ccc(NC(=O)CCCC[C@H]2SCC3NC(=O)NC32)cc1P(c1ccccc1)c1ccccc1.Cc1ccc(C(=O)O)c(Cl)c1.c1ccc(Pc2ccccc2)cc1. The smallest absolute Gasteiger partial charge is 0.339 e. The molecule has 10 aromatic rings. The van der Waals surface area contributed by atoms with Crippen LogP contribution in [0.25, 0.3) is 0 Å². The molecule has 516 valence electrons. The molecule has 0 radical (unpaired) electrons. The van der Waals surface area contributed by atoms with E-state index in [0.717, 1.165) is 71.5 Å². The quantitative estimate of drug-likeness (QED) is 0.0211. The van der Waals surface area contributed by atoms with E-state index in [2.05, 4.69) is 136 Å². The second kappa shape index (κ2) is 40.3. The lowest BCUT2D eigenvalue weighted by atomic mass is 10.0. The lowest BCUT2D eigenvalue weighted by molar-refractivity contribution is -0.116. The van der Waals surface area contributed by atoms with Gasteiger partial charge in [0.05, 0.1) is 65.7 Å². The number of carbonyl (C=O) groups is 6. The van der Waals surface area contributed by atoms with Crippen LogP contribution in [-0.2, 0) is 19.0 Å². The van der Waals surface area contributed by atoms with Crippen LogP contribution >= 0.6 is 59.4 Å². The first-order valence-corrected chi connectivity index (χ1v) is 37.3. The average molecular weight is 1450 g/mol. The van der Waals surface area contributed by atoms with Gasteiger partial charge in [-0.15, -0.1) is 0 Å². The minimum absolute atomic E-state index is 0. The van der Waals surface area contributed by atoms with Crippen molar-refractivity contribution in [2.24, 2.45) is 0 Å². The third-order valence-electron chi connectivity index (χ3n) is 15.6. The Bertz CT molecular complexity index is 4190. The number of aromatic carboxylic acids is 1. The maximum atomic E-state index is 12.9. The van der Waals surface area contributed by atoms with Gasteiger partial charge in [-0.3, -0.25) is 4.79 Å². The molecule has 0 bridgehead atoms. The Morgan fingerprint density at radius 3 is 1.30 bits per heavy atom. The molecule has 2 saturated heterocycles. The number of rotatable bonds is 18. The highest BCUT2D eigenvalue weighted by Crippen LogP contribution is 2.37. The normalized spacial score (nSPS) is 13.7. The Kier molecular flexibility index (Phi) is 31.6. The van der Waals surface area contributed by atoms with E-state index in [1.54, 1.807) is 36.4 Å². The number of aryl methyl sites for hydroxylation is 3. The van der Waals surface area contributed by atoms with Crippen molar-refractivity contribution < 1.29 is 48.1 Å². The summed E-state index contributed by atoms with van der Waals surface area (Å²) in [6, 6.07) is 83.8. The van der Waals surface area contributed by atoms with Gasteiger partial charge in [0.1, 0.15) is 0 Å². The van der Waals surface area contributed by atoms with Crippen molar-refractivity contribution in [2.75, 3.05) is 32.4 Å². The van der Waals surface area contributed by atoms with Crippen LogP contribution in [0.1, 0.15) is 91.2 Å². The summed E-state index contributed by atoms with van der Waals surface area (Å²) in [5.41, 5.74) is 5.47. The molecule has 0 aliphatic carbocycles. The van der Waals surface area contributed by atoms with E-state index in [-0.39, 0.29) is 48.0 Å². The number of anilines is 1. The first-order chi connectivity index (χ1) is 47.9. The molecule has 0 aromatic heterocycles. The lowest BCUT2D eigenvalue weighted by Gasteiger charge is -2.22. The van der Waals surface area contributed by atoms with Crippen molar-refractivity contribution in [3.8, 4) is 0 Å². The van der Waals surface area contributed by atoms with Gasteiger partial charge in [-0.1, -0.05) is 257 Å². The van der Waals surface area contributed by atoms with E-state index in [0.29, 0.717) is 39.1 Å². The molecular weight excluding hydrogens is 1370 g/mol. The lowest BCUT2D eigenvalue weighted by Crippen LogP contribution is -2.36. The maximum Gasteiger partial charge on any atom is 0.339 e. The van der Waals surface area contributed by atoms with Crippen molar-refractivity contribution in [2.45, 2.75) is 71.2 Å². The van der Waals surface area contributed by atoms with Crippen LogP contribution in [0.15, 0.2) is 255 Å². The number of methoxy groups -OCH3 is 3. The topological polar surface area (TPSA) is 186 Å². The molecule has 2 unspecified atom stereocenters. The number of halogens is 2. The summed E-state index contributed by atoms with van der Waals surface area (Å²) in [5.74, 6) is -1.20. The van der Waals surface area contributed by atoms with Crippen molar-refractivity contribution in [1.29, 1.82) is 0 Å². The van der Waals surface area contributed by atoms with E-state index in [4.69, 9.17) is 37.8 Å². The number of nitrogens with one attached hydrogen (secondary N) is 3. The number of ether oxygens (including phenoxy) is 3. The van der Waals surface area contributed by atoms with Crippen molar-refractivity contribution >= 4 is 143 Å². The molecule has 2 aliphatic rings. The van der Waals surface area contributed by atoms with E-state index in [1.165, 1.54) is 48.6 Å². The van der Waals surface area contributed by atoms with Crippen molar-refractivity contribution in [3.63, 3.8) is 0 Å². The summed E-state index contributed by atoms with van der Waals surface area (Å²) < 4.78 is 14.7. The zero-order valence-electron chi connectivity index (χ0n) is 55.7. The summed E-state index contributed by atoms with van der Waals surface area (Å²) in [6.45, 7) is 5.82. The minimum Gasteiger partial charge on any atom is -0.478 e. The van der Waals surface area contributed by atoms with Gasteiger partial charge in [0.15, 0.2) is 0 Å². The number of benzene rings is 10. The zero-order valence-corrected chi connectivity index (χ0v) is 60.8. The number of fused-ring (bicyclic) bond motifs is 1. The third-order valence-corrected chi connectivity index (χ3v) is 23.9. The number of unbranched alkanes of at least 4 members (excludes halogenated alkanes) is 1. The molecule has 2 heterocycles. The number of hydrogen-bond donors (Lipinski definition) is 4. The summed E-state index contributed by atoms with van der Waals surface area (Å²) in [4.78, 5) is 71.0. The molecule has 4 N–H and O–H groups in total. The van der Waals surface area contributed by atoms with Gasteiger partial charge in [0.2, 0.25) is 5.91 Å². The summed E-state index contributed by atoms with van der Waals surface area (Å²) >= 11 is 13.3. The maximum absolute atomic E-state index is 12.9. The fraction of sp³-hybridized carbons (Fsp3) is 0.185.